The fourth-order valence-electron chi connectivity index (χ4n) is 2.66. The van der Waals surface area contributed by atoms with Gasteiger partial charge in [-0.2, -0.15) is 0 Å². The zero-order valence-corrected chi connectivity index (χ0v) is 16.4. The Labute approximate surface area is 169 Å². The summed E-state index contributed by atoms with van der Waals surface area (Å²) in [6, 6.07) is 21.4. The number of sulfone groups is 1. The van der Waals surface area contributed by atoms with Gasteiger partial charge in [0.25, 0.3) is 0 Å². The summed E-state index contributed by atoms with van der Waals surface area (Å²) in [7, 11) is -3.22. The molecule has 3 rings (SSSR count). The topological polar surface area (TPSA) is 80.7 Å². The molecule has 0 aliphatic carbocycles. The Morgan fingerprint density at radius 2 is 1.66 bits per heavy atom. The Balaban J connectivity index is 1.69. The third-order valence-electron chi connectivity index (χ3n) is 4.12. The predicted octanol–water partition coefficient (Wildman–Crippen LogP) is 3.77. The molecular formula is C23H18O5S. The van der Waals surface area contributed by atoms with Gasteiger partial charge < -0.3 is 9.84 Å². The van der Waals surface area contributed by atoms with E-state index in [2.05, 4.69) is 11.8 Å². The van der Waals surface area contributed by atoms with Gasteiger partial charge in [-0.25, -0.2) is 13.2 Å². The average molecular weight is 406 g/mol. The number of benzene rings is 3. The molecule has 0 unspecified atom stereocenters. The Hall–Kier alpha value is -3.56. The first-order chi connectivity index (χ1) is 13.8. The molecular weight excluding hydrogens is 388 g/mol. The molecule has 0 saturated carbocycles. The molecule has 0 aliphatic heterocycles. The van der Waals surface area contributed by atoms with E-state index in [0.717, 1.165) is 16.7 Å². The van der Waals surface area contributed by atoms with Crippen LogP contribution in [0.4, 0.5) is 0 Å². The summed E-state index contributed by atoms with van der Waals surface area (Å²) in [6.45, 7) is 0.357. The zero-order chi connectivity index (χ0) is 20.9. The van der Waals surface area contributed by atoms with Gasteiger partial charge in [0, 0.05) is 17.7 Å². The van der Waals surface area contributed by atoms with Crippen LogP contribution in [0.25, 0.3) is 11.1 Å². The standard InChI is InChI=1S/C23H18O5S/c1-29(26,27)22-12-8-19(9-13-22)20-4-2-3-18(15-20)16-28-21-10-5-17(6-11-21)7-14-23(24)25/h2-6,8-13,15H,16H2,1H3,(H,24,25). The highest BCUT2D eigenvalue weighted by Gasteiger charge is 2.07. The summed E-state index contributed by atoms with van der Waals surface area (Å²) in [4.78, 5) is 10.8. The number of carbonyl (C=O) groups is 1. The van der Waals surface area contributed by atoms with Gasteiger partial charge in [-0.3, -0.25) is 0 Å². The van der Waals surface area contributed by atoms with Crippen molar-refractivity contribution in [3.8, 4) is 28.7 Å². The fourth-order valence-corrected chi connectivity index (χ4v) is 3.29. The smallest absolute Gasteiger partial charge is 0.382 e. The third kappa shape index (κ3) is 5.71. The predicted molar refractivity (Wildman–Crippen MR) is 110 cm³/mol. The Morgan fingerprint density at radius 3 is 2.28 bits per heavy atom. The molecule has 0 saturated heterocycles. The minimum Gasteiger partial charge on any atom is -0.489 e. The lowest BCUT2D eigenvalue weighted by atomic mass is 10.0. The van der Waals surface area contributed by atoms with E-state index in [-0.39, 0.29) is 4.90 Å². The maximum absolute atomic E-state index is 11.6. The average Bonchev–Trinajstić information content (AvgIpc) is 2.71. The van der Waals surface area contributed by atoms with Crippen LogP contribution in [0.2, 0.25) is 0 Å². The summed E-state index contributed by atoms with van der Waals surface area (Å²) in [5.41, 5.74) is 3.44. The monoisotopic (exact) mass is 406 g/mol. The van der Waals surface area contributed by atoms with Gasteiger partial charge in [0.2, 0.25) is 0 Å². The Bertz CT molecular complexity index is 1180. The van der Waals surface area contributed by atoms with Gasteiger partial charge in [0.15, 0.2) is 9.84 Å². The second-order valence-electron chi connectivity index (χ2n) is 6.37. The van der Waals surface area contributed by atoms with Crippen LogP contribution in [0.15, 0.2) is 77.7 Å². The maximum atomic E-state index is 11.6. The van der Waals surface area contributed by atoms with Crippen molar-refractivity contribution < 1.29 is 23.1 Å². The molecule has 0 bridgehead atoms. The second kappa shape index (κ2) is 8.63. The van der Waals surface area contributed by atoms with Crippen LogP contribution in [0.1, 0.15) is 11.1 Å². The fraction of sp³-hybridized carbons (Fsp3) is 0.0870. The van der Waals surface area contributed by atoms with Crippen LogP contribution < -0.4 is 4.74 Å². The maximum Gasteiger partial charge on any atom is 0.382 e. The number of rotatable bonds is 5. The van der Waals surface area contributed by atoms with Crippen molar-refractivity contribution in [1.82, 2.24) is 0 Å². The SMILES string of the molecule is CS(=O)(=O)c1ccc(-c2cccc(COc3ccc(C#CC(=O)O)cc3)c2)cc1. The summed E-state index contributed by atoms with van der Waals surface area (Å²) < 4.78 is 29.0. The van der Waals surface area contributed by atoms with E-state index < -0.39 is 15.8 Å². The highest BCUT2D eigenvalue weighted by molar-refractivity contribution is 7.90. The molecule has 3 aromatic carbocycles. The summed E-state index contributed by atoms with van der Waals surface area (Å²) in [5, 5.41) is 8.57. The quantitative estimate of drug-likeness (QED) is 0.653. The molecule has 0 amide bonds. The molecule has 6 heteroatoms. The molecule has 0 heterocycles. The van der Waals surface area contributed by atoms with Crippen LogP contribution in [-0.4, -0.2) is 25.7 Å². The van der Waals surface area contributed by atoms with Crippen LogP contribution in [-0.2, 0) is 21.2 Å². The normalized spacial score (nSPS) is 10.7. The number of hydrogen-bond acceptors (Lipinski definition) is 4. The highest BCUT2D eigenvalue weighted by Crippen LogP contribution is 2.23. The number of hydrogen-bond donors (Lipinski definition) is 1. The first kappa shape index (κ1) is 20.2. The molecule has 0 radical (unpaired) electrons. The van der Waals surface area contributed by atoms with Gasteiger partial charge in [-0.1, -0.05) is 36.3 Å². The molecule has 5 nitrogen and oxygen atoms in total. The highest BCUT2D eigenvalue weighted by atomic mass is 32.2. The minimum atomic E-state index is -3.22. The molecule has 146 valence electrons. The number of carboxylic acid groups (broad SMARTS) is 1. The molecule has 0 fully saturated rings. The van der Waals surface area contributed by atoms with Crippen molar-refractivity contribution in [2.45, 2.75) is 11.5 Å². The van der Waals surface area contributed by atoms with Crippen molar-refractivity contribution in [2.24, 2.45) is 0 Å². The second-order valence-corrected chi connectivity index (χ2v) is 8.38. The van der Waals surface area contributed by atoms with Gasteiger partial charge >= 0.3 is 5.97 Å². The summed E-state index contributed by atoms with van der Waals surface area (Å²) in [5.74, 6) is 4.08. The van der Waals surface area contributed by atoms with Gasteiger partial charge in [-0.05, 0) is 59.2 Å². The van der Waals surface area contributed by atoms with E-state index >= 15 is 0 Å². The largest absolute Gasteiger partial charge is 0.489 e. The number of ether oxygens (including phenoxy) is 1. The van der Waals surface area contributed by atoms with Crippen LogP contribution >= 0.6 is 0 Å². The lowest BCUT2D eigenvalue weighted by Gasteiger charge is -2.09. The van der Waals surface area contributed by atoms with Crippen molar-refractivity contribution in [1.29, 1.82) is 0 Å². The van der Waals surface area contributed by atoms with Gasteiger partial charge in [0.05, 0.1) is 4.90 Å². The van der Waals surface area contributed by atoms with Crippen LogP contribution in [0, 0.1) is 11.8 Å². The molecule has 0 spiro atoms. The van der Waals surface area contributed by atoms with Crippen molar-refractivity contribution >= 4 is 15.8 Å². The first-order valence-corrected chi connectivity index (χ1v) is 10.6. The van der Waals surface area contributed by atoms with E-state index in [1.807, 2.05) is 24.3 Å². The summed E-state index contributed by atoms with van der Waals surface area (Å²) in [6.07, 6.45) is 1.19. The van der Waals surface area contributed by atoms with E-state index in [1.165, 1.54) is 6.26 Å². The van der Waals surface area contributed by atoms with Crippen molar-refractivity contribution in [3.05, 3.63) is 83.9 Å². The van der Waals surface area contributed by atoms with Crippen LogP contribution in [0.5, 0.6) is 5.75 Å². The van der Waals surface area contributed by atoms with Crippen LogP contribution in [0.3, 0.4) is 0 Å². The Kier molecular flexibility index (Phi) is 6.01. The molecule has 0 aromatic heterocycles. The van der Waals surface area contributed by atoms with Crippen molar-refractivity contribution in [3.63, 3.8) is 0 Å². The number of aliphatic carboxylic acids is 1. The molecule has 3 aromatic rings. The first-order valence-electron chi connectivity index (χ1n) is 8.68. The van der Waals surface area contributed by atoms with Gasteiger partial charge in [0.1, 0.15) is 12.4 Å². The molecule has 29 heavy (non-hydrogen) atoms. The third-order valence-corrected chi connectivity index (χ3v) is 5.24. The van der Waals surface area contributed by atoms with E-state index in [4.69, 9.17) is 9.84 Å². The van der Waals surface area contributed by atoms with Gasteiger partial charge in [-0.15, -0.1) is 0 Å². The summed E-state index contributed by atoms with van der Waals surface area (Å²) >= 11 is 0. The van der Waals surface area contributed by atoms with E-state index in [1.54, 1.807) is 48.5 Å². The number of carboxylic acids is 1. The minimum absolute atomic E-state index is 0.289. The van der Waals surface area contributed by atoms with Crippen molar-refractivity contribution in [2.75, 3.05) is 6.26 Å². The Morgan fingerprint density at radius 1 is 0.966 bits per heavy atom. The molecule has 1 N–H and O–H groups in total. The lowest BCUT2D eigenvalue weighted by Crippen LogP contribution is -1.97. The zero-order valence-electron chi connectivity index (χ0n) is 15.6. The van der Waals surface area contributed by atoms with E-state index in [0.29, 0.717) is 17.9 Å². The molecule has 0 atom stereocenters. The van der Waals surface area contributed by atoms with E-state index in [9.17, 15) is 13.2 Å². The molecule has 0 aliphatic rings. The lowest BCUT2D eigenvalue weighted by molar-refractivity contribution is -0.130.